The molecule has 5 heteroatoms. The Kier molecular flexibility index (Phi) is 3.58. The third-order valence-electron chi connectivity index (χ3n) is 2.43. The number of aryl methyl sites for hydroxylation is 1. The number of hydrogen-bond donors (Lipinski definition) is 1. The molecule has 0 aliphatic rings. The highest BCUT2D eigenvalue weighted by molar-refractivity contribution is 6.30. The fourth-order valence-electron chi connectivity index (χ4n) is 1.55. The fraction of sp³-hybridized carbons (Fsp3) is 0.154. The molecule has 0 aliphatic heterocycles. The summed E-state index contributed by atoms with van der Waals surface area (Å²) in [6.45, 7) is 1.89. The zero-order valence-corrected chi connectivity index (χ0v) is 10.5. The second-order valence-electron chi connectivity index (χ2n) is 3.92. The fourth-order valence-corrected chi connectivity index (χ4v) is 1.68. The van der Waals surface area contributed by atoms with E-state index in [4.69, 9.17) is 16.3 Å². The molecule has 1 aromatic heterocycles. The Morgan fingerprint density at radius 2 is 1.94 bits per heavy atom. The molecule has 1 heterocycles. The molecule has 18 heavy (non-hydrogen) atoms. The van der Waals surface area contributed by atoms with Crippen molar-refractivity contribution in [2.24, 2.45) is 0 Å². The predicted molar refractivity (Wildman–Crippen MR) is 68.4 cm³/mol. The van der Waals surface area contributed by atoms with Gasteiger partial charge in [-0.25, -0.2) is 0 Å². The van der Waals surface area contributed by atoms with Gasteiger partial charge >= 0.3 is 0 Å². The predicted octanol–water partition coefficient (Wildman–Crippen LogP) is 2.63. The van der Waals surface area contributed by atoms with Crippen LogP contribution in [-0.2, 0) is 6.61 Å². The third kappa shape index (κ3) is 2.84. The van der Waals surface area contributed by atoms with Crippen molar-refractivity contribution >= 4 is 11.6 Å². The van der Waals surface area contributed by atoms with E-state index in [9.17, 15) is 10.0 Å². The highest BCUT2D eigenvalue weighted by atomic mass is 35.5. The first-order valence-electron chi connectivity index (χ1n) is 5.36. The molecular formula is C13H12ClNO3. The van der Waals surface area contributed by atoms with Gasteiger partial charge in [-0.15, -0.1) is 4.73 Å². The average molecular weight is 266 g/mol. The molecule has 1 aromatic carbocycles. The second-order valence-corrected chi connectivity index (χ2v) is 4.35. The van der Waals surface area contributed by atoms with Gasteiger partial charge in [0.2, 0.25) is 0 Å². The Balaban J connectivity index is 2.15. The van der Waals surface area contributed by atoms with E-state index in [1.54, 1.807) is 37.3 Å². The van der Waals surface area contributed by atoms with Crippen LogP contribution in [0.3, 0.4) is 0 Å². The molecule has 4 nitrogen and oxygen atoms in total. The van der Waals surface area contributed by atoms with Crippen molar-refractivity contribution in [1.82, 2.24) is 4.73 Å². The van der Waals surface area contributed by atoms with Crippen molar-refractivity contribution in [3.8, 4) is 5.75 Å². The Morgan fingerprint density at radius 3 is 2.61 bits per heavy atom. The summed E-state index contributed by atoms with van der Waals surface area (Å²) in [5, 5.41) is 10.2. The quantitative estimate of drug-likeness (QED) is 0.868. The minimum atomic E-state index is -0.468. The van der Waals surface area contributed by atoms with Gasteiger partial charge in [0.15, 0.2) is 0 Å². The Labute approximate surface area is 109 Å². The van der Waals surface area contributed by atoms with Gasteiger partial charge in [0, 0.05) is 11.1 Å². The SMILES string of the molecule is Cc1cc(COc2ccc(Cl)cc2)n(O)c(=O)c1. The number of halogens is 1. The van der Waals surface area contributed by atoms with Gasteiger partial charge < -0.3 is 9.94 Å². The summed E-state index contributed by atoms with van der Waals surface area (Å²) in [6, 6.07) is 9.90. The largest absolute Gasteiger partial charge is 0.487 e. The molecule has 1 N–H and O–H groups in total. The van der Waals surface area contributed by atoms with Crippen LogP contribution in [-0.4, -0.2) is 9.94 Å². The van der Waals surface area contributed by atoms with E-state index in [1.807, 2.05) is 0 Å². The van der Waals surface area contributed by atoms with Gasteiger partial charge in [-0.2, -0.15) is 0 Å². The lowest BCUT2D eigenvalue weighted by Gasteiger charge is -2.09. The van der Waals surface area contributed by atoms with Crippen molar-refractivity contribution in [3.05, 3.63) is 63.0 Å². The van der Waals surface area contributed by atoms with Crippen molar-refractivity contribution in [3.63, 3.8) is 0 Å². The molecular weight excluding hydrogens is 254 g/mol. The molecule has 0 bridgehead atoms. The van der Waals surface area contributed by atoms with Crippen LogP contribution >= 0.6 is 11.6 Å². The summed E-state index contributed by atoms with van der Waals surface area (Å²) in [6.07, 6.45) is 0. The molecule has 0 saturated carbocycles. The third-order valence-corrected chi connectivity index (χ3v) is 2.68. The van der Waals surface area contributed by atoms with Crippen LogP contribution in [0.4, 0.5) is 0 Å². The number of ether oxygens (including phenoxy) is 1. The maximum Gasteiger partial charge on any atom is 0.283 e. The molecule has 0 aliphatic carbocycles. The molecule has 0 radical (unpaired) electrons. The van der Waals surface area contributed by atoms with Crippen molar-refractivity contribution in [2.45, 2.75) is 13.5 Å². The van der Waals surface area contributed by atoms with Crippen LogP contribution in [0.1, 0.15) is 11.3 Å². The number of aromatic nitrogens is 1. The molecule has 94 valence electrons. The number of rotatable bonds is 3. The molecule has 2 rings (SSSR count). The molecule has 0 amide bonds. The van der Waals surface area contributed by atoms with Crippen LogP contribution < -0.4 is 10.3 Å². The van der Waals surface area contributed by atoms with Gasteiger partial charge in [-0.3, -0.25) is 4.79 Å². The van der Waals surface area contributed by atoms with Crippen LogP contribution in [0.5, 0.6) is 5.75 Å². The molecule has 2 aromatic rings. The van der Waals surface area contributed by atoms with E-state index >= 15 is 0 Å². The van der Waals surface area contributed by atoms with Crippen molar-refractivity contribution < 1.29 is 9.94 Å². The van der Waals surface area contributed by atoms with Crippen LogP contribution in [0, 0.1) is 6.92 Å². The second kappa shape index (κ2) is 5.14. The summed E-state index contributed by atoms with van der Waals surface area (Å²) in [7, 11) is 0. The van der Waals surface area contributed by atoms with Gasteiger partial charge in [0.05, 0.1) is 5.69 Å². The van der Waals surface area contributed by atoms with Gasteiger partial charge in [-0.1, -0.05) is 11.6 Å². The number of benzene rings is 1. The summed E-state index contributed by atoms with van der Waals surface area (Å²) >= 11 is 5.75. The lowest BCUT2D eigenvalue weighted by atomic mass is 10.2. The monoisotopic (exact) mass is 265 g/mol. The molecule has 0 spiro atoms. The molecule has 0 fully saturated rings. The van der Waals surface area contributed by atoms with Crippen LogP contribution in [0.15, 0.2) is 41.2 Å². The van der Waals surface area contributed by atoms with Crippen molar-refractivity contribution in [1.29, 1.82) is 0 Å². The lowest BCUT2D eigenvalue weighted by molar-refractivity contribution is 0.147. The summed E-state index contributed by atoms with van der Waals surface area (Å²) in [4.78, 5) is 11.4. The maximum absolute atomic E-state index is 11.4. The molecule has 0 unspecified atom stereocenters. The van der Waals surface area contributed by atoms with Crippen LogP contribution in [0.25, 0.3) is 0 Å². The van der Waals surface area contributed by atoms with E-state index in [1.165, 1.54) is 6.07 Å². The minimum Gasteiger partial charge on any atom is -0.487 e. The van der Waals surface area contributed by atoms with E-state index in [-0.39, 0.29) is 6.61 Å². The highest BCUT2D eigenvalue weighted by Gasteiger charge is 2.05. The topological polar surface area (TPSA) is 51.5 Å². The lowest BCUT2D eigenvalue weighted by Crippen LogP contribution is -2.21. The van der Waals surface area contributed by atoms with E-state index in [0.717, 1.165) is 5.56 Å². The van der Waals surface area contributed by atoms with Crippen LogP contribution in [0.2, 0.25) is 5.02 Å². The summed E-state index contributed by atoms with van der Waals surface area (Å²) < 4.78 is 6.05. The highest BCUT2D eigenvalue weighted by Crippen LogP contribution is 2.16. The first-order chi connectivity index (χ1) is 8.56. The van der Waals surface area contributed by atoms with E-state index in [0.29, 0.717) is 21.2 Å². The minimum absolute atomic E-state index is 0.106. The Morgan fingerprint density at radius 1 is 1.28 bits per heavy atom. The normalized spacial score (nSPS) is 10.3. The van der Waals surface area contributed by atoms with Gasteiger partial charge in [0.25, 0.3) is 5.56 Å². The first-order valence-corrected chi connectivity index (χ1v) is 5.74. The summed E-state index contributed by atoms with van der Waals surface area (Å²) in [5.41, 5.74) is 0.708. The number of nitrogens with zero attached hydrogens (tertiary/aromatic N) is 1. The standard InChI is InChI=1S/C13H12ClNO3/c1-9-6-11(15(17)13(16)7-9)8-18-12-4-2-10(14)3-5-12/h2-7,17H,8H2,1H3. The molecule has 0 saturated heterocycles. The van der Waals surface area contributed by atoms with Gasteiger partial charge in [-0.05, 0) is 42.8 Å². The number of pyridine rings is 1. The first kappa shape index (κ1) is 12.5. The zero-order valence-electron chi connectivity index (χ0n) is 9.76. The summed E-state index contributed by atoms with van der Waals surface area (Å²) in [5.74, 6) is 0.619. The Bertz CT molecular complexity index is 605. The maximum atomic E-state index is 11.4. The average Bonchev–Trinajstić information content (AvgIpc) is 2.34. The molecule has 0 atom stereocenters. The Hall–Kier alpha value is -1.94. The van der Waals surface area contributed by atoms with E-state index < -0.39 is 5.56 Å². The van der Waals surface area contributed by atoms with Crippen molar-refractivity contribution in [2.75, 3.05) is 0 Å². The van der Waals surface area contributed by atoms with Gasteiger partial charge in [0.1, 0.15) is 12.4 Å². The zero-order chi connectivity index (χ0) is 13.1. The van der Waals surface area contributed by atoms with E-state index in [2.05, 4.69) is 0 Å². The number of hydrogen-bond acceptors (Lipinski definition) is 3. The smallest absolute Gasteiger partial charge is 0.283 e.